The Labute approximate surface area is 537 Å². The molecule has 3 unspecified atom stereocenters. The maximum Gasteiger partial charge on any atom is 0.472 e. The third-order valence-corrected chi connectivity index (χ3v) is 18.2. The predicted molar refractivity (Wildman–Crippen MR) is 354 cm³/mol. The number of phosphoric ester groups is 2. The van der Waals surface area contributed by atoms with E-state index in [1.54, 1.807) is 0 Å². The Morgan fingerprint density at radius 2 is 0.580 bits per heavy atom. The van der Waals surface area contributed by atoms with E-state index in [4.69, 9.17) is 37.0 Å². The number of rotatable bonds is 68. The second-order valence-corrected chi connectivity index (χ2v) is 28.5. The summed E-state index contributed by atoms with van der Waals surface area (Å²) in [6.07, 6.45) is 45.6. The SMILES string of the molecule is CCCCCCCCCCCCCC(=O)O[C@H](COC(=O)CCCCCCCCCCC)COP(=O)(O)OC[C@H](O)COP(=O)(O)OC[C@@H](COC(=O)CCCCCCCCCCCCC(C)CC)OC(=O)CCCCCCCCCCCCCC(C)C. The molecule has 0 saturated carbocycles. The van der Waals surface area contributed by atoms with Crippen LogP contribution in [0.5, 0.6) is 0 Å². The number of esters is 4. The van der Waals surface area contributed by atoms with E-state index in [0.29, 0.717) is 25.7 Å². The van der Waals surface area contributed by atoms with E-state index in [1.165, 1.54) is 167 Å². The van der Waals surface area contributed by atoms with Gasteiger partial charge in [0, 0.05) is 25.7 Å². The average Bonchev–Trinajstić information content (AvgIpc) is 3.62. The maximum absolute atomic E-state index is 13.0. The van der Waals surface area contributed by atoms with E-state index < -0.39 is 97.5 Å². The van der Waals surface area contributed by atoms with E-state index in [9.17, 15) is 43.2 Å². The molecule has 522 valence electrons. The van der Waals surface area contributed by atoms with Crippen molar-refractivity contribution in [3.63, 3.8) is 0 Å². The number of aliphatic hydroxyl groups is 1. The van der Waals surface area contributed by atoms with Gasteiger partial charge < -0.3 is 33.8 Å². The molecule has 3 N–H and O–H groups in total. The van der Waals surface area contributed by atoms with Gasteiger partial charge in [-0.2, -0.15) is 0 Å². The minimum Gasteiger partial charge on any atom is -0.462 e. The summed E-state index contributed by atoms with van der Waals surface area (Å²) < 4.78 is 68.2. The normalized spacial score (nSPS) is 14.5. The zero-order valence-corrected chi connectivity index (χ0v) is 58.8. The topological polar surface area (TPSA) is 237 Å². The highest BCUT2D eigenvalue weighted by Gasteiger charge is 2.30. The van der Waals surface area contributed by atoms with Gasteiger partial charge in [-0.15, -0.1) is 0 Å². The quantitative estimate of drug-likeness (QED) is 0.0222. The number of phosphoric acid groups is 2. The number of carbonyl (C=O) groups excluding carboxylic acids is 4. The highest BCUT2D eigenvalue weighted by Crippen LogP contribution is 2.45. The lowest BCUT2D eigenvalue weighted by Gasteiger charge is -2.21. The standard InChI is InChI=1S/C69H134O17P2/c1-7-10-12-14-16-18-20-29-35-41-47-53-68(73)85-64(57-79-66(71)51-45-39-33-25-17-15-13-11-8-2)59-83-87(75,76)81-55-63(70)56-82-88(77,78)84-60-65(86-69(74)54-48-42-36-30-22-19-21-26-31-37-43-49-61(4)5)58-80-67(72)52-46-40-34-28-24-23-27-32-38-44-50-62(6)9-3/h61-65,70H,7-60H2,1-6H3,(H,75,76)(H,77,78)/t62?,63-,64+,65+/m0/s1. The number of hydrogen-bond donors (Lipinski definition) is 3. The van der Waals surface area contributed by atoms with Gasteiger partial charge in [-0.3, -0.25) is 37.3 Å². The maximum atomic E-state index is 13.0. The third-order valence-electron chi connectivity index (χ3n) is 16.3. The molecule has 19 heteroatoms. The van der Waals surface area contributed by atoms with Gasteiger partial charge >= 0.3 is 39.5 Å². The van der Waals surface area contributed by atoms with Crippen molar-refractivity contribution in [2.45, 2.75) is 368 Å². The van der Waals surface area contributed by atoms with Crippen molar-refractivity contribution in [3.8, 4) is 0 Å². The largest absolute Gasteiger partial charge is 0.472 e. The fourth-order valence-electron chi connectivity index (χ4n) is 10.4. The molecule has 0 aromatic rings. The number of unbranched alkanes of at least 4 members (excludes halogenated alkanes) is 37. The molecule has 0 aliphatic carbocycles. The van der Waals surface area contributed by atoms with Gasteiger partial charge in [0.05, 0.1) is 26.4 Å². The van der Waals surface area contributed by atoms with Gasteiger partial charge in [0.25, 0.3) is 0 Å². The van der Waals surface area contributed by atoms with Crippen LogP contribution in [0.2, 0.25) is 0 Å². The second-order valence-electron chi connectivity index (χ2n) is 25.6. The van der Waals surface area contributed by atoms with Gasteiger partial charge in [0.15, 0.2) is 12.2 Å². The molecule has 0 radical (unpaired) electrons. The molecular formula is C69H134O17P2. The zero-order chi connectivity index (χ0) is 65.0. The first kappa shape index (κ1) is 86.1. The minimum atomic E-state index is -4.95. The molecule has 0 aromatic carbocycles. The lowest BCUT2D eigenvalue weighted by molar-refractivity contribution is -0.161. The van der Waals surface area contributed by atoms with Crippen molar-refractivity contribution in [2.24, 2.45) is 11.8 Å². The van der Waals surface area contributed by atoms with Crippen LogP contribution in [0.4, 0.5) is 0 Å². The highest BCUT2D eigenvalue weighted by molar-refractivity contribution is 7.47. The number of carbonyl (C=O) groups is 4. The number of aliphatic hydroxyl groups excluding tert-OH is 1. The van der Waals surface area contributed by atoms with Crippen LogP contribution in [0.15, 0.2) is 0 Å². The summed E-state index contributed by atoms with van der Waals surface area (Å²) in [7, 11) is -9.90. The molecule has 0 aliphatic heterocycles. The molecule has 0 amide bonds. The summed E-state index contributed by atoms with van der Waals surface area (Å²) in [5, 5.41) is 10.6. The number of ether oxygens (including phenoxy) is 4. The van der Waals surface area contributed by atoms with Gasteiger partial charge in [0.1, 0.15) is 19.3 Å². The molecule has 0 bridgehead atoms. The fourth-order valence-corrected chi connectivity index (χ4v) is 12.0. The molecule has 88 heavy (non-hydrogen) atoms. The summed E-state index contributed by atoms with van der Waals surface area (Å²) in [6.45, 7) is 9.55. The molecule has 6 atom stereocenters. The molecule has 0 heterocycles. The molecule has 17 nitrogen and oxygen atoms in total. The molecule has 0 spiro atoms. The van der Waals surface area contributed by atoms with Crippen LogP contribution in [0.1, 0.15) is 350 Å². The average molecular weight is 1300 g/mol. The summed E-state index contributed by atoms with van der Waals surface area (Å²) in [5.41, 5.74) is 0. The molecule has 0 rings (SSSR count). The number of hydrogen-bond acceptors (Lipinski definition) is 15. The van der Waals surface area contributed by atoms with E-state index >= 15 is 0 Å². The zero-order valence-electron chi connectivity index (χ0n) is 57.0. The van der Waals surface area contributed by atoms with Crippen LogP contribution in [0, 0.1) is 11.8 Å². The van der Waals surface area contributed by atoms with Crippen LogP contribution >= 0.6 is 15.6 Å². The Kier molecular flexibility index (Phi) is 59.9. The van der Waals surface area contributed by atoms with E-state index in [2.05, 4.69) is 41.5 Å². The predicted octanol–water partition coefficient (Wildman–Crippen LogP) is 19.6. The van der Waals surface area contributed by atoms with Crippen LogP contribution in [0.25, 0.3) is 0 Å². The van der Waals surface area contributed by atoms with Gasteiger partial charge in [0.2, 0.25) is 0 Å². The van der Waals surface area contributed by atoms with E-state index in [-0.39, 0.29) is 25.7 Å². The monoisotopic (exact) mass is 1300 g/mol. The third kappa shape index (κ3) is 61.6. The Morgan fingerprint density at radius 1 is 0.330 bits per heavy atom. The molecule has 0 saturated heterocycles. The van der Waals surface area contributed by atoms with E-state index in [0.717, 1.165) is 102 Å². The summed E-state index contributed by atoms with van der Waals surface area (Å²) >= 11 is 0. The first-order valence-corrected chi connectivity index (χ1v) is 39.0. The summed E-state index contributed by atoms with van der Waals surface area (Å²) in [4.78, 5) is 72.4. The highest BCUT2D eigenvalue weighted by atomic mass is 31.2. The van der Waals surface area contributed by atoms with Crippen molar-refractivity contribution in [2.75, 3.05) is 39.6 Å². The smallest absolute Gasteiger partial charge is 0.462 e. The molecule has 0 fully saturated rings. The fraction of sp³-hybridized carbons (Fsp3) is 0.942. The lowest BCUT2D eigenvalue weighted by atomic mass is 9.99. The van der Waals surface area contributed by atoms with Gasteiger partial charge in [-0.05, 0) is 37.5 Å². The first-order valence-electron chi connectivity index (χ1n) is 36.0. The lowest BCUT2D eigenvalue weighted by Crippen LogP contribution is -2.30. The molecule has 0 aliphatic rings. The van der Waals surface area contributed by atoms with Crippen molar-refractivity contribution in [1.29, 1.82) is 0 Å². The van der Waals surface area contributed by atoms with Crippen LogP contribution in [-0.4, -0.2) is 96.7 Å². The Morgan fingerprint density at radius 3 is 0.864 bits per heavy atom. The van der Waals surface area contributed by atoms with Crippen LogP contribution in [-0.2, 0) is 65.4 Å². The molecule has 0 aromatic heterocycles. The summed E-state index contributed by atoms with van der Waals surface area (Å²) in [5.74, 6) is -0.551. The molecular weight excluding hydrogens is 1160 g/mol. The van der Waals surface area contributed by atoms with E-state index in [1.807, 2.05) is 0 Å². The Hall–Kier alpha value is -1.94. The van der Waals surface area contributed by atoms with Crippen molar-refractivity contribution in [1.82, 2.24) is 0 Å². The Balaban J connectivity index is 5.24. The Bertz CT molecular complexity index is 1720. The van der Waals surface area contributed by atoms with Crippen LogP contribution in [0.3, 0.4) is 0 Å². The van der Waals surface area contributed by atoms with Crippen molar-refractivity contribution >= 4 is 39.5 Å². The van der Waals surface area contributed by atoms with Crippen molar-refractivity contribution < 1.29 is 80.2 Å². The first-order chi connectivity index (χ1) is 42.4. The minimum absolute atomic E-state index is 0.106. The summed E-state index contributed by atoms with van der Waals surface area (Å²) in [6, 6.07) is 0. The van der Waals surface area contributed by atoms with Crippen molar-refractivity contribution in [3.05, 3.63) is 0 Å². The second kappa shape index (κ2) is 61.3. The van der Waals surface area contributed by atoms with Gasteiger partial charge in [-0.25, -0.2) is 9.13 Å². The van der Waals surface area contributed by atoms with Gasteiger partial charge in [-0.1, -0.05) is 298 Å². The van der Waals surface area contributed by atoms with Crippen LogP contribution < -0.4 is 0 Å².